The molecule has 0 radical (unpaired) electrons. The molecule has 1 aliphatic carbocycles. The van der Waals surface area contributed by atoms with E-state index in [0.29, 0.717) is 6.04 Å². The van der Waals surface area contributed by atoms with Gasteiger partial charge in [0.25, 0.3) is 5.91 Å². The third-order valence-electron chi connectivity index (χ3n) is 2.50. The minimum Gasteiger partial charge on any atom is -0.281 e. The predicted octanol–water partition coefficient (Wildman–Crippen LogP) is 3.08. The molecule has 3 nitrogen and oxygen atoms in total. The maximum absolute atomic E-state index is 12.1. The predicted molar refractivity (Wildman–Crippen MR) is 71.3 cm³/mol. The van der Waals surface area contributed by atoms with E-state index in [1.807, 2.05) is 36.3 Å². The molecule has 0 aromatic carbocycles. The number of aryl methyl sites for hydroxylation is 1. The van der Waals surface area contributed by atoms with E-state index in [9.17, 15) is 4.79 Å². The lowest BCUT2D eigenvalue weighted by atomic mass is 10.4. The summed E-state index contributed by atoms with van der Waals surface area (Å²) >= 11 is 1.54. The van der Waals surface area contributed by atoms with Gasteiger partial charge < -0.3 is 0 Å². The number of thiazole rings is 1. The van der Waals surface area contributed by atoms with Gasteiger partial charge in [-0.1, -0.05) is 18.2 Å². The number of nitrogens with zero attached hydrogens (tertiary/aromatic N) is 2. The van der Waals surface area contributed by atoms with Crippen LogP contribution in [0.3, 0.4) is 0 Å². The monoisotopic (exact) mass is 248 g/mol. The van der Waals surface area contributed by atoms with Crippen LogP contribution in [0, 0.1) is 6.92 Å². The Labute approximate surface area is 105 Å². The molecular formula is C13H16N2OS. The van der Waals surface area contributed by atoms with Crippen LogP contribution in [0.5, 0.6) is 0 Å². The van der Waals surface area contributed by atoms with Crippen molar-refractivity contribution in [3.63, 3.8) is 0 Å². The molecular weight excluding hydrogens is 232 g/mol. The summed E-state index contributed by atoms with van der Waals surface area (Å²) in [4.78, 5) is 18.3. The molecule has 4 heteroatoms. The third kappa shape index (κ3) is 3.03. The first-order valence-corrected chi connectivity index (χ1v) is 6.65. The SMILES string of the molecule is CC=CC=CC(=O)N(c1nc(C)cs1)C1CC1. The summed E-state index contributed by atoms with van der Waals surface area (Å²) in [5, 5.41) is 2.80. The summed E-state index contributed by atoms with van der Waals surface area (Å²) < 4.78 is 0. The van der Waals surface area contributed by atoms with Crippen molar-refractivity contribution >= 4 is 22.4 Å². The van der Waals surface area contributed by atoms with Crippen LogP contribution < -0.4 is 4.90 Å². The highest BCUT2D eigenvalue weighted by Gasteiger charge is 2.34. The van der Waals surface area contributed by atoms with Crippen molar-refractivity contribution in [1.82, 2.24) is 4.98 Å². The molecule has 1 aromatic rings. The number of aromatic nitrogens is 1. The molecule has 1 amide bonds. The lowest BCUT2D eigenvalue weighted by Gasteiger charge is -2.16. The first kappa shape index (κ1) is 12.0. The maximum atomic E-state index is 12.1. The fraction of sp³-hybridized carbons (Fsp3) is 0.385. The van der Waals surface area contributed by atoms with E-state index < -0.39 is 0 Å². The lowest BCUT2D eigenvalue weighted by molar-refractivity contribution is -0.114. The molecule has 17 heavy (non-hydrogen) atoms. The Balaban J connectivity index is 2.15. The number of hydrogen-bond acceptors (Lipinski definition) is 3. The number of carbonyl (C=O) groups excluding carboxylic acids is 1. The van der Waals surface area contributed by atoms with Crippen LogP contribution in [-0.4, -0.2) is 16.9 Å². The van der Waals surface area contributed by atoms with Crippen LogP contribution in [-0.2, 0) is 4.79 Å². The Morgan fingerprint density at radius 3 is 2.82 bits per heavy atom. The average molecular weight is 248 g/mol. The van der Waals surface area contributed by atoms with Gasteiger partial charge >= 0.3 is 0 Å². The van der Waals surface area contributed by atoms with Gasteiger partial charge in [0.15, 0.2) is 5.13 Å². The van der Waals surface area contributed by atoms with E-state index in [1.54, 1.807) is 12.2 Å². The number of hydrogen-bond donors (Lipinski definition) is 0. The van der Waals surface area contributed by atoms with Crippen molar-refractivity contribution in [2.45, 2.75) is 32.7 Å². The molecule has 0 atom stereocenters. The molecule has 1 aromatic heterocycles. The van der Waals surface area contributed by atoms with Crippen LogP contribution >= 0.6 is 11.3 Å². The number of amides is 1. The molecule has 2 rings (SSSR count). The Morgan fingerprint density at radius 2 is 2.29 bits per heavy atom. The quantitative estimate of drug-likeness (QED) is 0.606. The fourth-order valence-corrected chi connectivity index (χ4v) is 2.42. The van der Waals surface area contributed by atoms with E-state index in [1.165, 1.54) is 11.3 Å². The zero-order valence-corrected chi connectivity index (χ0v) is 10.9. The summed E-state index contributed by atoms with van der Waals surface area (Å²) in [6.45, 7) is 3.88. The highest BCUT2D eigenvalue weighted by atomic mass is 32.1. The minimum absolute atomic E-state index is 0.0277. The molecule has 0 aliphatic heterocycles. The molecule has 1 saturated carbocycles. The molecule has 1 fully saturated rings. The standard InChI is InChI=1S/C13H16N2OS/c1-3-4-5-6-12(16)15(11-7-8-11)13-14-10(2)9-17-13/h3-6,9,11H,7-8H2,1-2H3. The van der Waals surface area contributed by atoms with Crippen LogP contribution in [0.1, 0.15) is 25.5 Å². The topological polar surface area (TPSA) is 33.2 Å². The van der Waals surface area contributed by atoms with E-state index in [2.05, 4.69) is 4.98 Å². The van der Waals surface area contributed by atoms with Gasteiger partial charge in [0.2, 0.25) is 0 Å². The second-order valence-electron chi connectivity index (χ2n) is 4.10. The molecule has 0 bridgehead atoms. The van der Waals surface area contributed by atoms with Crippen molar-refractivity contribution in [1.29, 1.82) is 0 Å². The van der Waals surface area contributed by atoms with E-state index in [-0.39, 0.29) is 5.91 Å². The number of allylic oxidation sites excluding steroid dienone is 3. The minimum atomic E-state index is 0.0277. The van der Waals surface area contributed by atoms with Gasteiger partial charge in [-0.05, 0) is 26.7 Å². The summed E-state index contributed by atoms with van der Waals surface area (Å²) in [6.07, 6.45) is 9.31. The summed E-state index contributed by atoms with van der Waals surface area (Å²) in [7, 11) is 0. The first-order valence-electron chi connectivity index (χ1n) is 5.77. The molecule has 1 heterocycles. The van der Waals surface area contributed by atoms with Crippen molar-refractivity contribution in [3.8, 4) is 0 Å². The van der Waals surface area contributed by atoms with E-state index >= 15 is 0 Å². The second kappa shape index (κ2) is 5.27. The fourth-order valence-electron chi connectivity index (χ4n) is 1.54. The zero-order chi connectivity index (χ0) is 12.3. The molecule has 1 aliphatic rings. The highest BCUT2D eigenvalue weighted by Crippen LogP contribution is 2.33. The van der Waals surface area contributed by atoms with Crippen LogP contribution in [0.25, 0.3) is 0 Å². The summed E-state index contributed by atoms with van der Waals surface area (Å²) in [5.74, 6) is 0.0277. The van der Waals surface area contributed by atoms with Crippen molar-refractivity contribution < 1.29 is 4.79 Å². The van der Waals surface area contributed by atoms with Crippen molar-refractivity contribution in [3.05, 3.63) is 35.4 Å². The number of anilines is 1. The number of rotatable bonds is 4. The largest absolute Gasteiger partial charge is 0.281 e. The van der Waals surface area contributed by atoms with Gasteiger partial charge in [-0.3, -0.25) is 9.69 Å². The zero-order valence-electron chi connectivity index (χ0n) is 10.1. The van der Waals surface area contributed by atoms with E-state index in [0.717, 1.165) is 23.7 Å². The van der Waals surface area contributed by atoms with Crippen molar-refractivity contribution in [2.75, 3.05) is 4.90 Å². The lowest BCUT2D eigenvalue weighted by Crippen LogP contribution is -2.31. The summed E-state index contributed by atoms with van der Waals surface area (Å²) in [5.41, 5.74) is 0.973. The highest BCUT2D eigenvalue weighted by molar-refractivity contribution is 7.14. The normalized spacial score (nSPS) is 15.9. The van der Waals surface area contributed by atoms with Gasteiger partial charge in [0, 0.05) is 17.5 Å². The van der Waals surface area contributed by atoms with Gasteiger partial charge in [-0.15, -0.1) is 11.3 Å². The van der Waals surface area contributed by atoms with Gasteiger partial charge in [-0.25, -0.2) is 4.98 Å². The van der Waals surface area contributed by atoms with Crippen LogP contribution in [0.4, 0.5) is 5.13 Å². The Hall–Kier alpha value is -1.42. The van der Waals surface area contributed by atoms with Crippen LogP contribution in [0.2, 0.25) is 0 Å². The second-order valence-corrected chi connectivity index (χ2v) is 4.93. The molecule has 90 valence electrons. The molecule has 0 N–H and O–H groups in total. The first-order chi connectivity index (χ1) is 8.22. The average Bonchev–Trinajstić information content (AvgIpc) is 3.03. The smallest absolute Gasteiger partial charge is 0.253 e. The molecule has 0 saturated heterocycles. The van der Waals surface area contributed by atoms with Crippen LogP contribution in [0.15, 0.2) is 29.7 Å². The maximum Gasteiger partial charge on any atom is 0.253 e. The molecule has 0 unspecified atom stereocenters. The van der Waals surface area contributed by atoms with Gasteiger partial charge in [-0.2, -0.15) is 0 Å². The Bertz CT molecular complexity index is 458. The number of carbonyl (C=O) groups is 1. The Kier molecular flexibility index (Phi) is 3.74. The third-order valence-corrected chi connectivity index (χ3v) is 3.46. The van der Waals surface area contributed by atoms with Gasteiger partial charge in [0.1, 0.15) is 0 Å². The van der Waals surface area contributed by atoms with Crippen molar-refractivity contribution in [2.24, 2.45) is 0 Å². The van der Waals surface area contributed by atoms with Gasteiger partial charge in [0.05, 0.1) is 5.69 Å². The summed E-state index contributed by atoms with van der Waals surface area (Å²) in [6, 6.07) is 0.350. The Morgan fingerprint density at radius 1 is 1.53 bits per heavy atom. The molecule has 0 spiro atoms. The van der Waals surface area contributed by atoms with E-state index in [4.69, 9.17) is 0 Å².